The molecule has 1 N–H and O–H groups in total. The van der Waals surface area contributed by atoms with Gasteiger partial charge < -0.3 is 9.67 Å². The lowest BCUT2D eigenvalue weighted by Gasteiger charge is -2.25. The minimum atomic E-state index is -0.540. The summed E-state index contributed by atoms with van der Waals surface area (Å²) in [5, 5.41) is 10.6. The number of hydrogen-bond acceptors (Lipinski definition) is 2. The Balaban J connectivity index is 2.10. The van der Waals surface area contributed by atoms with Gasteiger partial charge in [0.25, 0.3) is 0 Å². The third kappa shape index (κ3) is 2.29. The number of aliphatic hydroxyl groups is 1. The molecule has 0 amide bonds. The van der Waals surface area contributed by atoms with E-state index >= 15 is 0 Å². The Morgan fingerprint density at radius 2 is 2.19 bits per heavy atom. The lowest BCUT2D eigenvalue weighted by Crippen LogP contribution is -2.30. The SMILES string of the molecule is CCn1ccnc1CC1(O)CCC(C)(C)C1. The van der Waals surface area contributed by atoms with Gasteiger partial charge in [-0.2, -0.15) is 0 Å². The predicted octanol–water partition coefficient (Wildman–Crippen LogP) is 2.39. The Labute approximate surface area is 97.5 Å². The molecule has 1 fully saturated rings. The second-order valence-corrected chi connectivity index (χ2v) is 5.87. The number of rotatable bonds is 3. The lowest BCUT2D eigenvalue weighted by molar-refractivity contribution is 0.0352. The zero-order valence-electron chi connectivity index (χ0n) is 10.5. The van der Waals surface area contributed by atoms with Gasteiger partial charge in [0.15, 0.2) is 0 Å². The van der Waals surface area contributed by atoms with Gasteiger partial charge in [0, 0.05) is 25.4 Å². The van der Waals surface area contributed by atoms with E-state index in [0.717, 1.165) is 31.6 Å². The molecule has 1 atom stereocenters. The van der Waals surface area contributed by atoms with Gasteiger partial charge in [-0.3, -0.25) is 0 Å². The highest BCUT2D eigenvalue weighted by molar-refractivity contribution is 5.03. The van der Waals surface area contributed by atoms with Crippen LogP contribution in [-0.4, -0.2) is 20.3 Å². The lowest BCUT2D eigenvalue weighted by atomic mass is 9.88. The summed E-state index contributed by atoms with van der Waals surface area (Å²) < 4.78 is 2.11. The van der Waals surface area contributed by atoms with E-state index in [1.54, 1.807) is 0 Å². The van der Waals surface area contributed by atoms with E-state index in [1.165, 1.54) is 0 Å². The highest BCUT2D eigenvalue weighted by Gasteiger charge is 2.42. The van der Waals surface area contributed by atoms with Crippen molar-refractivity contribution in [3.63, 3.8) is 0 Å². The summed E-state index contributed by atoms with van der Waals surface area (Å²) in [6.45, 7) is 7.50. The van der Waals surface area contributed by atoms with Crippen LogP contribution in [0.25, 0.3) is 0 Å². The van der Waals surface area contributed by atoms with E-state index in [1.807, 2.05) is 12.4 Å². The first-order chi connectivity index (χ1) is 7.44. The van der Waals surface area contributed by atoms with E-state index < -0.39 is 5.60 Å². The maximum absolute atomic E-state index is 10.6. The minimum absolute atomic E-state index is 0.276. The van der Waals surface area contributed by atoms with Crippen LogP contribution in [0.15, 0.2) is 12.4 Å². The molecule has 1 aliphatic carbocycles. The molecule has 0 bridgehead atoms. The molecule has 0 spiro atoms. The van der Waals surface area contributed by atoms with Gasteiger partial charge in [-0.25, -0.2) is 4.98 Å². The molecule has 1 unspecified atom stereocenters. The van der Waals surface area contributed by atoms with Gasteiger partial charge in [0.2, 0.25) is 0 Å². The molecule has 0 aliphatic heterocycles. The van der Waals surface area contributed by atoms with Gasteiger partial charge in [-0.1, -0.05) is 13.8 Å². The standard InChI is InChI=1S/C13H22N2O/c1-4-15-8-7-14-11(15)9-13(16)6-5-12(2,3)10-13/h7-8,16H,4-6,9-10H2,1-3H3. The molecule has 1 aromatic rings. The Morgan fingerprint density at radius 1 is 1.44 bits per heavy atom. The summed E-state index contributed by atoms with van der Waals surface area (Å²) in [4.78, 5) is 4.35. The Kier molecular flexibility index (Phi) is 2.82. The van der Waals surface area contributed by atoms with Crippen molar-refractivity contribution in [2.45, 2.75) is 58.6 Å². The molecule has 0 radical (unpaired) electrons. The summed E-state index contributed by atoms with van der Waals surface area (Å²) in [7, 11) is 0. The van der Waals surface area contributed by atoms with E-state index in [9.17, 15) is 5.11 Å². The molecule has 1 aromatic heterocycles. The molecular formula is C13H22N2O. The first-order valence-electron chi connectivity index (χ1n) is 6.17. The molecular weight excluding hydrogens is 200 g/mol. The third-order valence-corrected chi connectivity index (χ3v) is 3.70. The highest BCUT2D eigenvalue weighted by Crippen LogP contribution is 2.44. The van der Waals surface area contributed by atoms with Crippen molar-refractivity contribution >= 4 is 0 Å². The van der Waals surface area contributed by atoms with Crippen molar-refractivity contribution in [1.29, 1.82) is 0 Å². The monoisotopic (exact) mass is 222 g/mol. The maximum Gasteiger partial charge on any atom is 0.111 e. The van der Waals surface area contributed by atoms with Crippen LogP contribution in [0, 0.1) is 5.41 Å². The number of aryl methyl sites for hydroxylation is 1. The number of nitrogens with zero attached hydrogens (tertiary/aromatic N) is 2. The Morgan fingerprint density at radius 3 is 2.75 bits per heavy atom. The average Bonchev–Trinajstić information content (AvgIpc) is 2.71. The molecule has 0 aromatic carbocycles. The zero-order valence-corrected chi connectivity index (χ0v) is 10.5. The summed E-state index contributed by atoms with van der Waals surface area (Å²) in [6, 6.07) is 0. The Hall–Kier alpha value is -0.830. The first-order valence-corrected chi connectivity index (χ1v) is 6.17. The molecule has 0 saturated heterocycles. The second-order valence-electron chi connectivity index (χ2n) is 5.87. The topological polar surface area (TPSA) is 38.0 Å². The molecule has 2 rings (SSSR count). The van der Waals surface area contributed by atoms with Crippen molar-refractivity contribution in [3.05, 3.63) is 18.2 Å². The van der Waals surface area contributed by atoms with E-state index in [0.29, 0.717) is 6.42 Å². The quantitative estimate of drug-likeness (QED) is 0.852. The van der Waals surface area contributed by atoms with Gasteiger partial charge >= 0.3 is 0 Å². The largest absolute Gasteiger partial charge is 0.389 e. The minimum Gasteiger partial charge on any atom is -0.389 e. The third-order valence-electron chi connectivity index (χ3n) is 3.70. The van der Waals surface area contributed by atoms with Crippen LogP contribution in [0.3, 0.4) is 0 Å². The van der Waals surface area contributed by atoms with E-state index in [2.05, 4.69) is 30.3 Å². The van der Waals surface area contributed by atoms with Crippen LogP contribution < -0.4 is 0 Å². The normalized spacial score (nSPS) is 28.5. The maximum atomic E-state index is 10.6. The molecule has 1 saturated carbocycles. The average molecular weight is 222 g/mol. The van der Waals surface area contributed by atoms with Crippen molar-refractivity contribution in [3.8, 4) is 0 Å². The van der Waals surface area contributed by atoms with Crippen LogP contribution >= 0.6 is 0 Å². The fourth-order valence-corrected chi connectivity index (χ4v) is 2.88. The molecule has 90 valence electrons. The molecule has 1 aliphatic rings. The van der Waals surface area contributed by atoms with Gasteiger partial charge in [-0.15, -0.1) is 0 Å². The number of hydrogen-bond donors (Lipinski definition) is 1. The van der Waals surface area contributed by atoms with Crippen LogP contribution in [-0.2, 0) is 13.0 Å². The van der Waals surface area contributed by atoms with Crippen LogP contribution in [0.5, 0.6) is 0 Å². The van der Waals surface area contributed by atoms with Gasteiger partial charge in [-0.05, 0) is 31.6 Å². The van der Waals surface area contributed by atoms with Crippen LogP contribution in [0.4, 0.5) is 0 Å². The van der Waals surface area contributed by atoms with Crippen molar-refractivity contribution < 1.29 is 5.11 Å². The first kappa shape index (κ1) is 11.6. The van der Waals surface area contributed by atoms with Crippen LogP contribution in [0.2, 0.25) is 0 Å². The molecule has 3 heteroatoms. The fraction of sp³-hybridized carbons (Fsp3) is 0.769. The van der Waals surface area contributed by atoms with E-state index in [4.69, 9.17) is 0 Å². The number of imidazole rings is 1. The zero-order chi connectivity index (χ0) is 11.8. The second kappa shape index (κ2) is 3.88. The van der Waals surface area contributed by atoms with E-state index in [-0.39, 0.29) is 5.41 Å². The van der Waals surface area contributed by atoms with Gasteiger partial charge in [0.05, 0.1) is 5.60 Å². The summed E-state index contributed by atoms with van der Waals surface area (Å²) in [6.07, 6.45) is 7.39. The smallest absolute Gasteiger partial charge is 0.111 e. The molecule has 16 heavy (non-hydrogen) atoms. The highest BCUT2D eigenvalue weighted by atomic mass is 16.3. The summed E-state index contributed by atoms with van der Waals surface area (Å²) >= 11 is 0. The molecule has 1 heterocycles. The Bertz CT molecular complexity index is 370. The van der Waals surface area contributed by atoms with Crippen molar-refractivity contribution in [2.75, 3.05) is 0 Å². The summed E-state index contributed by atoms with van der Waals surface area (Å²) in [5.41, 5.74) is -0.264. The predicted molar refractivity (Wildman–Crippen MR) is 64.2 cm³/mol. The number of aromatic nitrogens is 2. The van der Waals surface area contributed by atoms with Gasteiger partial charge in [0.1, 0.15) is 5.82 Å². The van der Waals surface area contributed by atoms with Crippen molar-refractivity contribution in [2.24, 2.45) is 5.41 Å². The van der Waals surface area contributed by atoms with Crippen molar-refractivity contribution in [1.82, 2.24) is 9.55 Å². The molecule has 3 nitrogen and oxygen atoms in total. The fourth-order valence-electron chi connectivity index (χ4n) is 2.88. The summed E-state index contributed by atoms with van der Waals surface area (Å²) in [5.74, 6) is 1.02. The van der Waals surface area contributed by atoms with Crippen LogP contribution in [0.1, 0.15) is 45.9 Å².